The van der Waals surface area contributed by atoms with Gasteiger partial charge in [0.2, 0.25) is 5.91 Å². The molecule has 0 spiro atoms. The van der Waals surface area contributed by atoms with Crippen LogP contribution in [0.3, 0.4) is 0 Å². The lowest BCUT2D eigenvalue weighted by molar-refractivity contribution is -0.120. The molecule has 2 N–H and O–H groups in total. The Hall–Kier alpha value is -2.58. The largest absolute Gasteiger partial charge is 0.496 e. The third-order valence-electron chi connectivity index (χ3n) is 4.15. The summed E-state index contributed by atoms with van der Waals surface area (Å²) < 4.78 is 38.1. The maximum absolute atomic E-state index is 12.7. The molecule has 0 radical (unpaired) electrons. The number of carbonyl (C=O) groups excluding carboxylic acids is 1. The van der Waals surface area contributed by atoms with E-state index in [0.717, 1.165) is 16.7 Å². The van der Waals surface area contributed by atoms with Gasteiger partial charge in [-0.15, -0.1) is 0 Å². The minimum absolute atomic E-state index is 0.116. The smallest absolute Gasteiger partial charge is 0.261 e. The van der Waals surface area contributed by atoms with Gasteiger partial charge in [-0.05, 0) is 54.8 Å². The van der Waals surface area contributed by atoms with Gasteiger partial charge in [0.25, 0.3) is 10.0 Å². The average Bonchev–Trinajstić information content (AvgIpc) is 2.63. The third-order valence-corrected chi connectivity index (χ3v) is 5.51. The van der Waals surface area contributed by atoms with Crippen LogP contribution < -0.4 is 14.8 Å². The van der Waals surface area contributed by atoms with Gasteiger partial charge in [0.15, 0.2) is 0 Å². The molecule has 0 aromatic heterocycles. The second kappa shape index (κ2) is 9.57. The van der Waals surface area contributed by atoms with Gasteiger partial charge < -0.3 is 14.8 Å². The molecule has 152 valence electrons. The Morgan fingerprint density at radius 3 is 2.18 bits per heavy atom. The van der Waals surface area contributed by atoms with E-state index >= 15 is 0 Å². The van der Waals surface area contributed by atoms with Gasteiger partial charge in [-0.3, -0.25) is 9.52 Å². The minimum Gasteiger partial charge on any atom is -0.496 e. The molecule has 0 aliphatic heterocycles. The first kappa shape index (κ1) is 21.7. The van der Waals surface area contributed by atoms with Crippen molar-refractivity contribution in [1.82, 2.24) is 5.32 Å². The zero-order valence-electron chi connectivity index (χ0n) is 16.5. The fourth-order valence-electron chi connectivity index (χ4n) is 2.83. The number of ether oxygens (including phenoxy) is 2. The summed E-state index contributed by atoms with van der Waals surface area (Å²) in [7, 11) is -0.606. The molecule has 0 aliphatic carbocycles. The van der Waals surface area contributed by atoms with Crippen molar-refractivity contribution in [3.63, 3.8) is 0 Å². The fraction of sp³-hybridized carbons (Fsp3) is 0.350. The summed E-state index contributed by atoms with van der Waals surface area (Å²) in [6.45, 7) is 4.51. The van der Waals surface area contributed by atoms with Crippen molar-refractivity contribution in [3.8, 4) is 5.75 Å². The summed E-state index contributed by atoms with van der Waals surface area (Å²) in [5, 5.41) is 2.74. The van der Waals surface area contributed by atoms with Gasteiger partial charge in [-0.25, -0.2) is 8.42 Å². The quantitative estimate of drug-likeness (QED) is 0.624. The number of hydrogen-bond acceptors (Lipinski definition) is 5. The van der Waals surface area contributed by atoms with Crippen molar-refractivity contribution in [1.29, 1.82) is 0 Å². The Kier molecular flexibility index (Phi) is 7.42. The first-order valence-electron chi connectivity index (χ1n) is 8.79. The lowest BCUT2D eigenvalue weighted by Crippen LogP contribution is -2.28. The monoisotopic (exact) mass is 406 g/mol. The number of benzene rings is 2. The topological polar surface area (TPSA) is 93.7 Å². The highest BCUT2D eigenvalue weighted by molar-refractivity contribution is 7.92. The fourth-order valence-corrected chi connectivity index (χ4v) is 4.06. The van der Waals surface area contributed by atoms with E-state index in [9.17, 15) is 13.2 Å². The molecule has 0 atom stereocenters. The molecule has 0 unspecified atom stereocenters. The number of sulfonamides is 1. The van der Waals surface area contributed by atoms with Gasteiger partial charge >= 0.3 is 0 Å². The van der Waals surface area contributed by atoms with Crippen LogP contribution in [0.2, 0.25) is 0 Å². The maximum atomic E-state index is 12.7. The van der Waals surface area contributed by atoms with Crippen molar-refractivity contribution in [2.45, 2.75) is 25.2 Å². The van der Waals surface area contributed by atoms with Gasteiger partial charge in [0.1, 0.15) is 5.75 Å². The van der Waals surface area contributed by atoms with Gasteiger partial charge in [-0.1, -0.05) is 12.1 Å². The molecule has 7 nitrogen and oxygen atoms in total. The number of anilines is 1. The number of hydrogen-bond donors (Lipinski definition) is 2. The molecule has 0 aliphatic rings. The van der Waals surface area contributed by atoms with Crippen LogP contribution in [0.25, 0.3) is 0 Å². The predicted octanol–water partition coefficient (Wildman–Crippen LogP) is 2.42. The highest BCUT2D eigenvalue weighted by Crippen LogP contribution is 2.27. The number of aryl methyl sites for hydroxylation is 2. The zero-order valence-corrected chi connectivity index (χ0v) is 17.4. The summed E-state index contributed by atoms with van der Waals surface area (Å²) in [5.41, 5.74) is 2.71. The summed E-state index contributed by atoms with van der Waals surface area (Å²) >= 11 is 0. The van der Waals surface area contributed by atoms with Crippen LogP contribution in [0.5, 0.6) is 5.75 Å². The van der Waals surface area contributed by atoms with Gasteiger partial charge in [0.05, 0.1) is 25.0 Å². The molecule has 0 bridgehead atoms. The highest BCUT2D eigenvalue weighted by atomic mass is 32.2. The normalized spacial score (nSPS) is 11.1. The molecule has 1 amide bonds. The molecule has 8 heteroatoms. The van der Waals surface area contributed by atoms with Crippen molar-refractivity contribution in [2.24, 2.45) is 0 Å². The van der Waals surface area contributed by atoms with Crippen LogP contribution in [0.1, 0.15) is 16.7 Å². The summed E-state index contributed by atoms with van der Waals surface area (Å²) in [6, 6.07) is 9.87. The Balaban J connectivity index is 2.08. The number of rotatable bonds is 9. The molecule has 2 aromatic rings. The van der Waals surface area contributed by atoms with Crippen LogP contribution in [0.4, 0.5) is 5.69 Å². The van der Waals surface area contributed by atoms with Crippen molar-refractivity contribution in [3.05, 3.63) is 53.1 Å². The standard InChI is InChI=1S/C20H26N2O5S/c1-14-11-18(12-15(2)20(14)27-4)28(24,25)22-17-7-5-16(6-8-17)13-19(23)21-9-10-26-3/h5-8,11-12,22H,9-10,13H2,1-4H3,(H,21,23). The first-order chi connectivity index (χ1) is 13.3. The van der Waals surface area contributed by atoms with E-state index < -0.39 is 10.0 Å². The minimum atomic E-state index is -3.73. The van der Waals surface area contributed by atoms with Gasteiger partial charge in [0, 0.05) is 19.3 Å². The third kappa shape index (κ3) is 5.71. The van der Waals surface area contributed by atoms with Crippen molar-refractivity contribution < 1.29 is 22.7 Å². The van der Waals surface area contributed by atoms with E-state index in [1.807, 2.05) is 0 Å². The maximum Gasteiger partial charge on any atom is 0.261 e. The predicted molar refractivity (Wildman–Crippen MR) is 108 cm³/mol. The van der Waals surface area contributed by atoms with E-state index in [2.05, 4.69) is 10.0 Å². The molecule has 28 heavy (non-hydrogen) atoms. The SMILES string of the molecule is COCCNC(=O)Cc1ccc(NS(=O)(=O)c2cc(C)c(OC)c(C)c2)cc1. The molecule has 0 heterocycles. The van der Waals surface area contributed by atoms with Crippen LogP contribution in [0, 0.1) is 13.8 Å². The van der Waals surface area contributed by atoms with E-state index in [-0.39, 0.29) is 17.2 Å². The molecule has 2 rings (SSSR count). The molecular weight excluding hydrogens is 380 g/mol. The summed E-state index contributed by atoms with van der Waals surface area (Å²) in [6.07, 6.45) is 0.216. The average molecular weight is 407 g/mol. The van der Waals surface area contributed by atoms with Crippen molar-refractivity contribution in [2.75, 3.05) is 32.1 Å². The lowest BCUT2D eigenvalue weighted by atomic mass is 10.1. The van der Waals surface area contributed by atoms with Crippen LogP contribution >= 0.6 is 0 Å². The van der Waals surface area contributed by atoms with E-state index in [1.165, 1.54) is 0 Å². The van der Waals surface area contributed by atoms with E-state index in [1.54, 1.807) is 64.5 Å². The summed E-state index contributed by atoms with van der Waals surface area (Å²) in [5.74, 6) is 0.557. The number of amides is 1. The Morgan fingerprint density at radius 1 is 1.04 bits per heavy atom. The highest BCUT2D eigenvalue weighted by Gasteiger charge is 2.17. The van der Waals surface area contributed by atoms with E-state index in [0.29, 0.717) is 24.6 Å². The lowest BCUT2D eigenvalue weighted by Gasteiger charge is -2.13. The van der Waals surface area contributed by atoms with Crippen LogP contribution in [-0.4, -0.2) is 41.7 Å². The molecule has 2 aromatic carbocycles. The van der Waals surface area contributed by atoms with Gasteiger partial charge in [-0.2, -0.15) is 0 Å². The zero-order chi connectivity index (χ0) is 20.7. The molecule has 0 saturated heterocycles. The Labute approximate surface area is 166 Å². The second-order valence-electron chi connectivity index (χ2n) is 6.41. The van der Waals surface area contributed by atoms with Crippen LogP contribution in [-0.2, 0) is 26.0 Å². The summed E-state index contributed by atoms with van der Waals surface area (Å²) in [4.78, 5) is 12.0. The van der Waals surface area contributed by atoms with Crippen molar-refractivity contribution >= 4 is 21.6 Å². The van der Waals surface area contributed by atoms with Crippen LogP contribution in [0.15, 0.2) is 41.3 Å². The number of nitrogens with one attached hydrogen (secondary N) is 2. The molecular formula is C20H26N2O5S. The second-order valence-corrected chi connectivity index (χ2v) is 8.09. The number of carbonyl (C=O) groups is 1. The Bertz CT molecular complexity index is 901. The molecule has 0 fully saturated rings. The Morgan fingerprint density at radius 2 is 1.64 bits per heavy atom. The number of methoxy groups -OCH3 is 2. The molecule has 0 saturated carbocycles. The first-order valence-corrected chi connectivity index (χ1v) is 10.3. The van der Waals surface area contributed by atoms with E-state index in [4.69, 9.17) is 9.47 Å².